The van der Waals surface area contributed by atoms with Crippen molar-refractivity contribution in [1.82, 2.24) is 4.90 Å². The van der Waals surface area contributed by atoms with Crippen molar-refractivity contribution in [1.29, 1.82) is 0 Å². The fourth-order valence-corrected chi connectivity index (χ4v) is 2.37. The third-order valence-corrected chi connectivity index (χ3v) is 3.28. The first-order valence-corrected chi connectivity index (χ1v) is 5.75. The molecule has 3 nitrogen and oxygen atoms in total. The van der Waals surface area contributed by atoms with Crippen LogP contribution >= 0.6 is 0 Å². The number of alkyl halides is 1. The zero-order valence-electron chi connectivity index (χ0n) is 9.55. The molecule has 2 rings (SSSR count). The van der Waals surface area contributed by atoms with Gasteiger partial charge in [0.25, 0.3) is 0 Å². The van der Waals surface area contributed by atoms with Crippen LogP contribution in [0.1, 0.15) is 5.56 Å². The smallest absolute Gasteiger partial charge is 0.308 e. The number of halogens is 1. The summed E-state index contributed by atoms with van der Waals surface area (Å²) in [6.07, 6.45) is 0. The summed E-state index contributed by atoms with van der Waals surface area (Å²) in [5.41, 5.74) is 1.14. The Bertz CT molecular complexity index is 382. The highest BCUT2D eigenvalue weighted by atomic mass is 19.1. The Morgan fingerprint density at radius 1 is 1.35 bits per heavy atom. The molecule has 0 aliphatic carbocycles. The SMILES string of the molecule is O=C(O)C1CN(Cc2ccccc2)CC1CF. The van der Waals surface area contributed by atoms with Crippen molar-refractivity contribution in [3.8, 4) is 0 Å². The number of benzene rings is 1. The van der Waals surface area contributed by atoms with Crippen LogP contribution in [0.25, 0.3) is 0 Å². The van der Waals surface area contributed by atoms with Gasteiger partial charge < -0.3 is 5.11 Å². The van der Waals surface area contributed by atoms with Crippen molar-refractivity contribution in [2.24, 2.45) is 11.8 Å². The third-order valence-electron chi connectivity index (χ3n) is 3.28. The molecule has 0 aromatic heterocycles. The molecule has 92 valence electrons. The Morgan fingerprint density at radius 3 is 2.59 bits per heavy atom. The topological polar surface area (TPSA) is 40.5 Å². The minimum atomic E-state index is -0.886. The van der Waals surface area contributed by atoms with Gasteiger partial charge in [0.05, 0.1) is 12.6 Å². The van der Waals surface area contributed by atoms with Crippen molar-refractivity contribution in [3.63, 3.8) is 0 Å². The van der Waals surface area contributed by atoms with Crippen LogP contribution in [-0.4, -0.2) is 35.7 Å². The van der Waals surface area contributed by atoms with Crippen LogP contribution in [0.15, 0.2) is 30.3 Å². The summed E-state index contributed by atoms with van der Waals surface area (Å²) in [7, 11) is 0. The second-order valence-corrected chi connectivity index (χ2v) is 4.54. The average molecular weight is 237 g/mol. The molecular weight excluding hydrogens is 221 g/mol. The molecule has 1 fully saturated rings. The van der Waals surface area contributed by atoms with Gasteiger partial charge in [0.2, 0.25) is 0 Å². The molecule has 2 unspecified atom stereocenters. The van der Waals surface area contributed by atoms with E-state index in [1.165, 1.54) is 0 Å². The number of carboxylic acid groups (broad SMARTS) is 1. The molecule has 1 N–H and O–H groups in total. The van der Waals surface area contributed by atoms with E-state index in [1.54, 1.807) is 0 Å². The summed E-state index contributed by atoms with van der Waals surface area (Å²) in [5, 5.41) is 9.01. The molecule has 17 heavy (non-hydrogen) atoms. The monoisotopic (exact) mass is 237 g/mol. The molecule has 1 aromatic carbocycles. The fraction of sp³-hybridized carbons (Fsp3) is 0.462. The first kappa shape index (κ1) is 12.0. The van der Waals surface area contributed by atoms with Crippen LogP contribution in [0, 0.1) is 11.8 Å². The van der Waals surface area contributed by atoms with Gasteiger partial charge in [0, 0.05) is 25.6 Å². The van der Waals surface area contributed by atoms with Gasteiger partial charge in [-0.05, 0) is 5.56 Å². The lowest BCUT2D eigenvalue weighted by molar-refractivity contribution is -0.142. The number of hydrogen-bond acceptors (Lipinski definition) is 2. The Hall–Kier alpha value is -1.42. The van der Waals surface area contributed by atoms with E-state index in [1.807, 2.05) is 35.2 Å². The van der Waals surface area contributed by atoms with Crippen LogP contribution in [0.3, 0.4) is 0 Å². The number of likely N-dealkylation sites (tertiary alicyclic amines) is 1. The summed E-state index contributed by atoms with van der Waals surface area (Å²) in [5.74, 6) is -1.82. The highest BCUT2D eigenvalue weighted by Gasteiger charge is 2.37. The predicted molar refractivity (Wildman–Crippen MR) is 62.3 cm³/mol. The molecule has 0 amide bonds. The molecule has 0 saturated carbocycles. The van der Waals surface area contributed by atoms with E-state index in [2.05, 4.69) is 0 Å². The van der Waals surface area contributed by atoms with Crippen molar-refractivity contribution in [2.45, 2.75) is 6.54 Å². The first-order chi connectivity index (χ1) is 8.20. The Balaban J connectivity index is 1.99. The standard InChI is InChI=1S/C13H16FNO2/c14-6-11-8-15(9-12(11)13(16)17)7-10-4-2-1-3-5-10/h1-5,11-12H,6-9H2,(H,16,17). The van der Waals surface area contributed by atoms with Gasteiger partial charge in [0.1, 0.15) is 0 Å². The summed E-state index contributed by atoms with van der Waals surface area (Å²) in [6, 6.07) is 9.84. The van der Waals surface area contributed by atoms with E-state index in [-0.39, 0.29) is 5.92 Å². The maximum atomic E-state index is 12.7. The molecule has 1 aromatic rings. The van der Waals surface area contributed by atoms with Gasteiger partial charge in [0.15, 0.2) is 0 Å². The second kappa shape index (κ2) is 5.27. The molecule has 1 heterocycles. The summed E-state index contributed by atoms with van der Waals surface area (Å²) in [6.45, 7) is 1.12. The van der Waals surface area contributed by atoms with Crippen LogP contribution < -0.4 is 0 Å². The lowest BCUT2D eigenvalue weighted by atomic mass is 9.98. The maximum absolute atomic E-state index is 12.7. The number of carboxylic acids is 1. The van der Waals surface area contributed by atoms with Crippen molar-refractivity contribution in [2.75, 3.05) is 19.8 Å². The van der Waals surface area contributed by atoms with E-state index in [9.17, 15) is 9.18 Å². The van der Waals surface area contributed by atoms with Crippen LogP contribution in [0.2, 0.25) is 0 Å². The fourth-order valence-electron chi connectivity index (χ4n) is 2.37. The summed E-state index contributed by atoms with van der Waals surface area (Å²) < 4.78 is 12.7. The molecule has 1 aliphatic rings. The van der Waals surface area contributed by atoms with E-state index in [0.717, 1.165) is 5.56 Å². The zero-order chi connectivity index (χ0) is 12.3. The maximum Gasteiger partial charge on any atom is 0.308 e. The quantitative estimate of drug-likeness (QED) is 0.868. The molecule has 1 saturated heterocycles. The second-order valence-electron chi connectivity index (χ2n) is 4.54. The van der Waals surface area contributed by atoms with Gasteiger partial charge in [-0.25, -0.2) is 0 Å². The Labute approximate surface area is 99.9 Å². The summed E-state index contributed by atoms with van der Waals surface area (Å²) in [4.78, 5) is 13.0. The van der Waals surface area contributed by atoms with Gasteiger partial charge in [-0.1, -0.05) is 30.3 Å². The largest absolute Gasteiger partial charge is 0.481 e. The predicted octanol–water partition coefficient (Wildman–Crippen LogP) is 1.79. The van der Waals surface area contributed by atoms with E-state index >= 15 is 0 Å². The van der Waals surface area contributed by atoms with Gasteiger partial charge in [-0.2, -0.15) is 0 Å². The Morgan fingerprint density at radius 2 is 2.06 bits per heavy atom. The van der Waals surface area contributed by atoms with E-state index < -0.39 is 18.6 Å². The molecule has 2 atom stereocenters. The lowest BCUT2D eigenvalue weighted by Gasteiger charge is -2.14. The first-order valence-electron chi connectivity index (χ1n) is 5.75. The molecule has 0 radical (unpaired) electrons. The number of carbonyl (C=O) groups is 1. The minimum Gasteiger partial charge on any atom is -0.481 e. The molecule has 4 heteroatoms. The molecule has 1 aliphatic heterocycles. The lowest BCUT2D eigenvalue weighted by Crippen LogP contribution is -2.24. The summed E-state index contributed by atoms with van der Waals surface area (Å²) >= 11 is 0. The Kier molecular flexibility index (Phi) is 3.74. The van der Waals surface area contributed by atoms with Crippen molar-refractivity contribution >= 4 is 5.97 Å². The van der Waals surface area contributed by atoms with Gasteiger partial charge >= 0.3 is 5.97 Å². The van der Waals surface area contributed by atoms with Gasteiger partial charge in [-0.15, -0.1) is 0 Å². The van der Waals surface area contributed by atoms with Crippen LogP contribution in [-0.2, 0) is 11.3 Å². The highest BCUT2D eigenvalue weighted by molar-refractivity contribution is 5.71. The van der Waals surface area contributed by atoms with Crippen LogP contribution in [0.5, 0.6) is 0 Å². The number of aliphatic carboxylic acids is 1. The van der Waals surface area contributed by atoms with E-state index in [4.69, 9.17) is 5.11 Å². The number of hydrogen-bond donors (Lipinski definition) is 1. The number of rotatable bonds is 4. The number of nitrogens with zero attached hydrogens (tertiary/aromatic N) is 1. The van der Waals surface area contributed by atoms with Crippen molar-refractivity contribution < 1.29 is 14.3 Å². The molecule has 0 spiro atoms. The van der Waals surface area contributed by atoms with Crippen molar-refractivity contribution in [3.05, 3.63) is 35.9 Å². The molecule has 0 bridgehead atoms. The zero-order valence-corrected chi connectivity index (χ0v) is 9.55. The third kappa shape index (κ3) is 2.82. The minimum absolute atomic E-state index is 0.365. The highest BCUT2D eigenvalue weighted by Crippen LogP contribution is 2.25. The normalized spacial score (nSPS) is 25.0. The average Bonchev–Trinajstić information content (AvgIpc) is 2.73. The van der Waals surface area contributed by atoms with Gasteiger partial charge in [-0.3, -0.25) is 14.1 Å². The van der Waals surface area contributed by atoms with Crippen LogP contribution in [0.4, 0.5) is 4.39 Å². The molecular formula is C13H16FNO2. The van der Waals surface area contributed by atoms with E-state index in [0.29, 0.717) is 19.6 Å².